The van der Waals surface area contributed by atoms with Crippen molar-refractivity contribution in [2.45, 2.75) is 37.5 Å². The summed E-state index contributed by atoms with van der Waals surface area (Å²) in [7, 11) is 1.31. The molecule has 2 rings (SSSR count). The van der Waals surface area contributed by atoms with Gasteiger partial charge >= 0.3 is 5.97 Å². The molecule has 2 fully saturated rings. The Morgan fingerprint density at radius 1 is 1.57 bits per heavy atom. The van der Waals surface area contributed by atoms with E-state index in [0.717, 1.165) is 6.42 Å². The van der Waals surface area contributed by atoms with Crippen molar-refractivity contribution in [3.8, 4) is 0 Å². The zero-order valence-corrected chi connectivity index (χ0v) is 7.97. The Kier molecular flexibility index (Phi) is 2.19. The Balaban J connectivity index is 2.17. The maximum Gasteiger partial charge on any atom is 0.328 e. The van der Waals surface area contributed by atoms with Gasteiger partial charge in [-0.3, -0.25) is 4.79 Å². The van der Waals surface area contributed by atoms with Gasteiger partial charge in [-0.05, 0) is 12.8 Å². The van der Waals surface area contributed by atoms with Gasteiger partial charge in [0.1, 0.15) is 12.1 Å². The second kappa shape index (κ2) is 3.24. The molecule has 14 heavy (non-hydrogen) atoms. The first-order valence-corrected chi connectivity index (χ1v) is 4.73. The van der Waals surface area contributed by atoms with E-state index in [1.807, 2.05) is 0 Å². The van der Waals surface area contributed by atoms with Gasteiger partial charge in [-0.2, -0.15) is 0 Å². The van der Waals surface area contributed by atoms with Gasteiger partial charge in [0.25, 0.3) is 5.91 Å². The molecule has 3 atom stereocenters. The Morgan fingerprint density at radius 3 is 2.93 bits per heavy atom. The second-order valence-corrected chi connectivity index (χ2v) is 3.77. The number of hydrogen-bond acceptors (Lipinski definition) is 4. The first-order valence-electron chi connectivity index (χ1n) is 4.73. The summed E-state index contributed by atoms with van der Waals surface area (Å²) in [5.41, 5.74) is 0. The third-order valence-corrected chi connectivity index (χ3v) is 3.01. The summed E-state index contributed by atoms with van der Waals surface area (Å²) in [6.45, 7) is 0. The minimum absolute atomic E-state index is 0.0293. The second-order valence-electron chi connectivity index (χ2n) is 3.77. The van der Waals surface area contributed by atoms with Gasteiger partial charge in [-0.25, -0.2) is 4.79 Å². The zero-order chi connectivity index (χ0) is 10.3. The highest BCUT2D eigenvalue weighted by atomic mass is 16.5. The molecule has 0 aromatic rings. The third-order valence-electron chi connectivity index (χ3n) is 3.01. The van der Waals surface area contributed by atoms with Crippen LogP contribution in [0.25, 0.3) is 0 Å². The van der Waals surface area contributed by atoms with Crippen LogP contribution in [0.2, 0.25) is 0 Å². The smallest absolute Gasteiger partial charge is 0.328 e. The van der Waals surface area contributed by atoms with E-state index >= 15 is 0 Å². The first-order chi connectivity index (χ1) is 6.65. The largest absolute Gasteiger partial charge is 0.467 e. The molecule has 3 unspecified atom stereocenters. The predicted molar refractivity (Wildman–Crippen MR) is 46.3 cm³/mol. The van der Waals surface area contributed by atoms with E-state index in [-0.39, 0.29) is 17.9 Å². The first kappa shape index (κ1) is 9.45. The Labute approximate surface area is 81.6 Å². The lowest BCUT2D eigenvalue weighted by Gasteiger charge is -2.21. The number of methoxy groups -OCH3 is 1. The molecule has 0 saturated carbocycles. The van der Waals surface area contributed by atoms with Crippen LogP contribution in [0.5, 0.6) is 0 Å². The van der Waals surface area contributed by atoms with Crippen molar-refractivity contribution in [2.75, 3.05) is 7.11 Å². The number of rotatable bonds is 1. The molecular weight excluding hydrogens is 186 g/mol. The monoisotopic (exact) mass is 199 g/mol. The molecule has 2 aliphatic heterocycles. The summed E-state index contributed by atoms with van der Waals surface area (Å²) in [5, 5.41) is 9.33. The topological polar surface area (TPSA) is 66.8 Å². The van der Waals surface area contributed by atoms with E-state index < -0.39 is 12.1 Å². The zero-order valence-electron chi connectivity index (χ0n) is 7.97. The predicted octanol–water partition coefficient (Wildman–Crippen LogP) is -0.716. The summed E-state index contributed by atoms with van der Waals surface area (Å²) in [6, 6.07) is -0.448. The van der Waals surface area contributed by atoms with Crippen molar-refractivity contribution in [1.82, 2.24) is 4.90 Å². The Bertz CT molecular complexity index is 278. The van der Waals surface area contributed by atoms with Crippen LogP contribution >= 0.6 is 0 Å². The maximum atomic E-state index is 11.5. The lowest BCUT2D eigenvalue weighted by molar-refractivity contribution is -0.152. The van der Waals surface area contributed by atoms with Crippen molar-refractivity contribution in [3.05, 3.63) is 0 Å². The van der Waals surface area contributed by atoms with Crippen molar-refractivity contribution in [1.29, 1.82) is 0 Å². The molecule has 0 aromatic carbocycles. The van der Waals surface area contributed by atoms with Crippen LogP contribution in [0.15, 0.2) is 0 Å². The number of aliphatic hydroxyl groups is 1. The van der Waals surface area contributed by atoms with Crippen molar-refractivity contribution in [2.24, 2.45) is 0 Å². The highest BCUT2D eigenvalue weighted by molar-refractivity contribution is 5.89. The number of fused-ring (bicyclic) bond motifs is 1. The standard InChI is InChI=1S/C9H13NO4/c1-14-9(13)6-3-2-5-4-7(11)8(12)10(5)6/h5-7,11H,2-4H2,1H3. The lowest BCUT2D eigenvalue weighted by atomic mass is 10.1. The van der Waals surface area contributed by atoms with Crippen LogP contribution in [-0.4, -0.2) is 47.2 Å². The molecule has 5 nitrogen and oxygen atoms in total. The molecule has 2 aliphatic rings. The minimum atomic E-state index is -0.924. The number of aliphatic hydroxyl groups excluding tert-OH is 1. The minimum Gasteiger partial charge on any atom is -0.467 e. The number of carbonyl (C=O) groups excluding carboxylic acids is 2. The van der Waals surface area contributed by atoms with Gasteiger partial charge in [0.05, 0.1) is 7.11 Å². The van der Waals surface area contributed by atoms with Crippen molar-refractivity contribution < 1.29 is 19.4 Å². The summed E-state index contributed by atoms with van der Waals surface area (Å²) in [6.07, 6.45) is 0.956. The van der Waals surface area contributed by atoms with Gasteiger partial charge in [0.2, 0.25) is 0 Å². The fourth-order valence-corrected chi connectivity index (χ4v) is 2.35. The molecule has 78 valence electrons. The van der Waals surface area contributed by atoms with E-state index in [9.17, 15) is 14.7 Å². The molecule has 2 heterocycles. The van der Waals surface area contributed by atoms with E-state index in [0.29, 0.717) is 12.8 Å². The number of nitrogens with zero attached hydrogens (tertiary/aromatic N) is 1. The quantitative estimate of drug-likeness (QED) is 0.566. The van der Waals surface area contributed by atoms with Crippen molar-refractivity contribution in [3.63, 3.8) is 0 Å². The molecular formula is C9H13NO4. The maximum absolute atomic E-state index is 11.5. The fourth-order valence-electron chi connectivity index (χ4n) is 2.35. The van der Waals surface area contributed by atoms with Crippen LogP contribution < -0.4 is 0 Å². The molecule has 2 saturated heterocycles. The SMILES string of the molecule is COC(=O)C1CCC2CC(O)C(=O)N21. The molecule has 0 aromatic heterocycles. The molecule has 1 N–H and O–H groups in total. The molecule has 5 heteroatoms. The summed E-state index contributed by atoms with van der Waals surface area (Å²) >= 11 is 0. The number of amides is 1. The number of ether oxygens (including phenoxy) is 1. The van der Waals surface area contributed by atoms with E-state index in [4.69, 9.17) is 0 Å². The highest BCUT2D eigenvalue weighted by Gasteiger charge is 2.48. The third kappa shape index (κ3) is 1.19. The summed E-state index contributed by atoms with van der Waals surface area (Å²) in [4.78, 5) is 24.3. The summed E-state index contributed by atoms with van der Waals surface area (Å²) < 4.78 is 4.61. The van der Waals surface area contributed by atoms with E-state index in [1.165, 1.54) is 12.0 Å². The van der Waals surface area contributed by atoms with Crippen LogP contribution in [0.4, 0.5) is 0 Å². The highest BCUT2D eigenvalue weighted by Crippen LogP contribution is 2.33. The molecule has 0 bridgehead atoms. The van der Waals surface area contributed by atoms with E-state index in [1.54, 1.807) is 0 Å². The number of hydrogen-bond donors (Lipinski definition) is 1. The number of esters is 1. The average molecular weight is 199 g/mol. The fraction of sp³-hybridized carbons (Fsp3) is 0.778. The Hall–Kier alpha value is -1.10. The molecule has 1 amide bonds. The average Bonchev–Trinajstić information content (AvgIpc) is 2.68. The van der Waals surface area contributed by atoms with Gasteiger partial charge in [0, 0.05) is 12.5 Å². The van der Waals surface area contributed by atoms with Crippen LogP contribution in [0.3, 0.4) is 0 Å². The van der Waals surface area contributed by atoms with Gasteiger partial charge < -0.3 is 14.7 Å². The normalized spacial score (nSPS) is 36.0. The van der Waals surface area contributed by atoms with Crippen molar-refractivity contribution >= 4 is 11.9 Å². The van der Waals surface area contributed by atoms with Gasteiger partial charge in [0.15, 0.2) is 0 Å². The lowest BCUT2D eigenvalue weighted by Crippen LogP contribution is -2.42. The molecule has 0 aliphatic carbocycles. The Morgan fingerprint density at radius 2 is 2.29 bits per heavy atom. The van der Waals surface area contributed by atoms with Crippen LogP contribution in [0.1, 0.15) is 19.3 Å². The van der Waals surface area contributed by atoms with E-state index in [2.05, 4.69) is 4.74 Å². The van der Waals surface area contributed by atoms with Gasteiger partial charge in [-0.1, -0.05) is 0 Å². The van der Waals surface area contributed by atoms with Gasteiger partial charge in [-0.15, -0.1) is 0 Å². The van der Waals surface area contributed by atoms with Crippen LogP contribution in [-0.2, 0) is 14.3 Å². The number of carbonyl (C=O) groups is 2. The summed E-state index contributed by atoms with van der Waals surface area (Å²) in [5.74, 6) is -0.710. The van der Waals surface area contributed by atoms with Crippen LogP contribution in [0, 0.1) is 0 Å². The molecule has 0 radical (unpaired) electrons. The molecule has 0 spiro atoms.